The fraction of sp³-hybridized carbons (Fsp3) is 0.200. The molecule has 0 bridgehead atoms. The smallest absolute Gasteiger partial charge is 0.280 e. The number of halogens is 2. The van der Waals surface area contributed by atoms with Gasteiger partial charge in [0.05, 0.1) is 10.6 Å². The molecule has 0 saturated carbocycles. The van der Waals surface area contributed by atoms with Gasteiger partial charge in [0.1, 0.15) is 11.0 Å². The number of hydrogen-bond acceptors (Lipinski definition) is 3. The maximum absolute atomic E-state index is 12.0. The number of carbonyl (C=O) groups is 2. The molecule has 0 fully saturated rings. The second-order valence-corrected chi connectivity index (χ2v) is 6.73. The van der Waals surface area contributed by atoms with E-state index in [1.54, 1.807) is 23.6 Å². The summed E-state index contributed by atoms with van der Waals surface area (Å²) >= 11 is 13.3. The normalized spacial score (nSPS) is 12.0. The average Bonchev–Trinajstić information content (AvgIpc) is 2.93. The topological polar surface area (TPSA) is 88.8 Å². The van der Waals surface area contributed by atoms with Crippen LogP contribution in [0.5, 0.6) is 0 Å². The van der Waals surface area contributed by atoms with Gasteiger partial charge in [0.15, 0.2) is 6.54 Å². The summed E-state index contributed by atoms with van der Waals surface area (Å²) in [6, 6.07) is 6.85. The Bertz CT molecular complexity index is 733. The van der Waals surface area contributed by atoms with Crippen LogP contribution in [-0.2, 0) is 4.79 Å². The number of benzene rings is 1. The zero-order chi connectivity index (χ0) is 17.0. The van der Waals surface area contributed by atoms with Crippen LogP contribution in [0.2, 0.25) is 10.0 Å². The molecule has 1 aromatic heterocycles. The standard InChI is InChI=1S/C15H15Cl2N3O2S/c1-8(10-3-2-9(16)6-12(10)17)19-7-13(21)20-15-11(14(18)22)4-5-23-15/h2-6,8,19H,7H2,1H3,(H2,18,22)(H,20,21)/p+1/t8-/m1/s1. The summed E-state index contributed by atoms with van der Waals surface area (Å²) in [4.78, 5) is 23.2. The highest BCUT2D eigenvalue weighted by Gasteiger charge is 2.17. The Balaban J connectivity index is 1.93. The predicted molar refractivity (Wildman–Crippen MR) is 93.1 cm³/mol. The number of nitrogens with one attached hydrogen (secondary N) is 1. The fourth-order valence-electron chi connectivity index (χ4n) is 2.06. The van der Waals surface area contributed by atoms with Crippen molar-refractivity contribution >= 4 is 51.4 Å². The van der Waals surface area contributed by atoms with Crippen LogP contribution >= 0.6 is 34.5 Å². The molecular weight excluding hydrogens is 357 g/mol. The number of amides is 2. The van der Waals surface area contributed by atoms with Crippen LogP contribution in [0.1, 0.15) is 28.9 Å². The molecule has 2 rings (SSSR count). The predicted octanol–water partition coefficient (Wildman–Crippen LogP) is 2.42. The van der Waals surface area contributed by atoms with E-state index >= 15 is 0 Å². The summed E-state index contributed by atoms with van der Waals surface area (Å²) in [6.07, 6.45) is 0. The molecule has 0 unspecified atom stereocenters. The van der Waals surface area contributed by atoms with Crippen LogP contribution in [0.25, 0.3) is 0 Å². The summed E-state index contributed by atoms with van der Waals surface area (Å²) in [6.45, 7) is 2.14. The lowest BCUT2D eigenvalue weighted by atomic mass is 10.1. The Morgan fingerprint density at radius 1 is 1.35 bits per heavy atom. The number of nitrogens with two attached hydrogens (primary N) is 2. The van der Waals surface area contributed by atoms with Gasteiger partial charge in [-0.05, 0) is 30.5 Å². The summed E-state index contributed by atoms with van der Waals surface area (Å²) in [5.41, 5.74) is 6.46. The molecule has 0 spiro atoms. The zero-order valence-electron chi connectivity index (χ0n) is 12.3. The van der Waals surface area contributed by atoms with Gasteiger partial charge >= 0.3 is 0 Å². The minimum atomic E-state index is -0.563. The molecule has 2 amide bonds. The molecule has 5 N–H and O–H groups in total. The lowest BCUT2D eigenvalue weighted by Gasteiger charge is -2.13. The lowest BCUT2D eigenvalue weighted by molar-refractivity contribution is -0.682. The van der Waals surface area contributed by atoms with Gasteiger partial charge in [0.2, 0.25) is 0 Å². The number of carbonyl (C=O) groups excluding carboxylic acids is 2. The number of rotatable bonds is 6. The summed E-state index contributed by atoms with van der Waals surface area (Å²) in [5, 5.41) is 7.85. The van der Waals surface area contributed by atoms with Crippen molar-refractivity contribution in [2.24, 2.45) is 5.73 Å². The number of quaternary nitrogens is 1. The maximum Gasteiger partial charge on any atom is 0.280 e. The fourth-order valence-corrected chi connectivity index (χ4v) is 3.45. The summed E-state index contributed by atoms with van der Waals surface area (Å²) < 4.78 is 0. The molecule has 1 aromatic carbocycles. The second kappa shape index (κ2) is 7.79. The van der Waals surface area contributed by atoms with Crippen molar-refractivity contribution in [2.75, 3.05) is 11.9 Å². The van der Waals surface area contributed by atoms with Gasteiger partial charge in [-0.1, -0.05) is 29.3 Å². The van der Waals surface area contributed by atoms with Gasteiger partial charge < -0.3 is 16.4 Å². The highest BCUT2D eigenvalue weighted by atomic mass is 35.5. The first-order valence-corrected chi connectivity index (χ1v) is 8.47. The Labute approximate surface area is 147 Å². The highest BCUT2D eigenvalue weighted by Crippen LogP contribution is 2.24. The van der Waals surface area contributed by atoms with Gasteiger partial charge in [-0.25, -0.2) is 0 Å². The highest BCUT2D eigenvalue weighted by molar-refractivity contribution is 7.14. The van der Waals surface area contributed by atoms with Gasteiger partial charge in [0, 0.05) is 10.6 Å². The third-order valence-corrected chi connectivity index (χ3v) is 4.69. The first-order valence-electron chi connectivity index (χ1n) is 6.84. The summed E-state index contributed by atoms with van der Waals surface area (Å²) in [7, 11) is 0. The second-order valence-electron chi connectivity index (χ2n) is 4.97. The van der Waals surface area contributed by atoms with Crippen molar-refractivity contribution in [1.29, 1.82) is 0 Å². The van der Waals surface area contributed by atoms with Crippen molar-refractivity contribution in [2.45, 2.75) is 13.0 Å². The molecule has 5 nitrogen and oxygen atoms in total. The van der Waals surface area contributed by atoms with E-state index in [9.17, 15) is 9.59 Å². The monoisotopic (exact) mass is 372 g/mol. The minimum absolute atomic E-state index is 0.00976. The first kappa shape index (κ1) is 17.7. The molecule has 8 heteroatoms. The number of hydrogen-bond donors (Lipinski definition) is 3. The van der Waals surface area contributed by atoms with E-state index in [0.29, 0.717) is 20.6 Å². The maximum atomic E-state index is 12.0. The molecule has 0 aliphatic rings. The average molecular weight is 373 g/mol. The Morgan fingerprint density at radius 3 is 2.74 bits per heavy atom. The minimum Gasteiger partial charge on any atom is -0.366 e. The van der Waals surface area contributed by atoms with Crippen molar-refractivity contribution in [3.8, 4) is 0 Å². The first-order chi connectivity index (χ1) is 10.9. The molecule has 0 radical (unpaired) electrons. The van der Waals surface area contributed by atoms with E-state index in [1.165, 1.54) is 11.3 Å². The van der Waals surface area contributed by atoms with Crippen LogP contribution in [0.15, 0.2) is 29.6 Å². The quantitative estimate of drug-likeness (QED) is 0.726. The van der Waals surface area contributed by atoms with Crippen LogP contribution in [0.4, 0.5) is 5.00 Å². The molecule has 23 heavy (non-hydrogen) atoms. The van der Waals surface area contributed by atoms with E-state index in [2.05, 4.69) is 5.32 Å². The van der Waals surface area contributed by atoms with Crippen molar-refractivity contribution in [3.05, 3.63) is 50.8 Å². The molecule has 122 valence electrons. The van der Waals surface area contributed by atoms with Gasteiger partial charge in [-0.2, -0.15) is 0 Å². The number of primary amides is 1. The molecule has 0 aliphatic carbocycles. The van der Waals surface area contributed by atoms with Crippen molar-refractivity contribution < 1.29 is 14.9 Å². The number of thiophene rings is 1. The van der Waals surface area contributed by atoms with E-state index in [4.69, 9.17) is 28.9 Å². The van der Waals surface area contributed by atoms with Gasteiger partial charge in [0.25, 0.3) is 11.8 Å². The van der Waals surface area contributed by atoms with Crippen molar-refractivity contribution in [3.63, 3.8) is 0 Å². The number of anilines is 1. The lowest BCUT2D eigenvalue weighted by Crippen LogP contribution is -2.86. The zero-order valence-corrected chi connectivity index (χ0v) is 14.6. The van der Waals surface area contributed by atoms with Crippen LogP contribution in [-0.4, -0.2) is 18.4 Å². The summed E-state index contributed by atoms with van der Waals surface area (Å²) in [5.74, 6) is -0.779. The largest absolute Gasteiger partial charge is 0.366 e. The molecule has 1 atom stereocenters. The van der Waals surface area contributed by atoms with E-state index in [-0.39, 0.29) is 18.5 Å². The van der Waals surface area contributed by atoms with E-state index in [0.717, 1.165) is 5.56 Å². The Kier molecular flexibility index (Phi) is 6.01. The van der Waals surface area contributed by atoms with Crippen LogP contribution in [0.3, 0.4) is 0 Å². The Hall–Kier alpha value is -1.60. The molecule has 0 aliphatic heterocycles. The SMILES string of the molecule is C[C@@H]([NH2+]CC(=O)Nc1sccc1C(N)=O)c1ccc(Cl)cc1Cl. The molecule has 0 saturated heterocycles. The van der Waals surface area contributed by atoms with Gasteiger partial charge in [-0.3, -0.25) is 9.59 Å². The third kappa shape index (κ3) is 4.68. The van der Waals surface area contributed by atoms with Crippen molar-refractivity contribution in [1.82, 2.24) is 0 Å². The molecular formula is C15H16Cl2N3O2S+. The third-order valence-electron chi connectivity index (χ3n) is 3.29. The molecule has 2 aromatic rings. The van der Waals surface area contributed by atoms with Crippen LogP contribution in [0, 0.1) is 0 Å². The molecule has 1 heterocycles. The Morgan fingerprint density at radius 2 is 2.09 bits per heavy atom. The van der Waals surface area contributed by atoms with E-state index < -0.39 is 5.91 Å². The van der Waals surface area contributed by atoms with E-state index in [1.807, 2.05) is 18.3 Å². The van der Waals surface area contributed by atoms with Gasteiger partial charge in [-0.15, -0.1) is 11.3 Å². The van der Waals surface area contributed by atoms with Crippen LogP contribution < -0.4 is 16.4 Å².